The molecule has 19 heavy (non-hydrogen) atoms. The molecule has 0 radical (unpaired) electrons. The number of methoxy groups -OCH3 is 1. The molecule has 1 aromatic carbocycles. The molecule has 1 amide bonds. The highest BCUT2D eigenvalue weighted by molar-refractivity contribution is 9.10. The first-order valence-corrected chi connectivity index (χ1v) is 7.35. The Morgan fingerprint density at radius 1 is 1.53 bits per heavy atom. The van der Waals surface area contributed by atoms with Gasteiger partial charge < -0.3 is 15.4 Å². The van der Waals surface area contributed by atoms with Crippen molar-refractivity contribution in [3.8, 4) is 5.75 Å². The molecule has 1 heterocycles. The predicted molar refractivity (Wildman–Crippen MR) is 78.7 cm³/mol. The summed E-state index contributed by atoms with van der Waals surface area (Å²) >= 11 is 3.37. The van der Waals surface area contributed by atoms with E-state index >= 15 is 0 Å². The molecular weight excluding hydrogens is 308 g/mol. The molecule has 0 aromatic heterocycles. The second kappa shape index (κ2) is 6.91. The molecule has 104 valence electrons. The predicted octanol–water partition coefficient (Wildman–Crippen LogP) is 2.33. The minimum Gasteiger partial charge on any atom is -0.496 e. The molecule has 1 fully saturated rings. The summed E-state index contributed by atoms with van der Waals surface area (Å²) in [6, 6.07) is 5.80. The number of benzene rings is 1. The van der Waals surface area contributed by atoms with Gasteiger partial charge in [0.1, 0.15) is 5.75 Å². The molecule has 0 spiro atoms. The Bertz CT molecular complexity index is 445. The molecule has 5 heteroatoms. The number of carbonyl (C=O) groups excluding carboxylic acids is 1. The Hall–Kier alpha value is -1.07. The van der Waals surface area contributed by atoms with Crippen LogP contribution < -0.4 is 15.4 Å². The monoisotopic (exact) mass is 326 g/mol. The molecule has 1 aliphatic heterocycles. The first kappa shape index (κ1) is 14.3. The number of ether oxygens (including phenoxy) is 1. The van der Waals surface area contributed by atoms with Crippen molar-refractivity contribution in [2.75, 3.05) is 20.2 Å². The van der Waals surface area contributed by atoms with Crippen molar-refractivity contribution in [2.45, 2.75) is 25.3 Å². The first-order chi connectivity index (χ1) is 9.20. The molecule has 0 bridgehead atoms. The lowest BCUT2D eigenvalue weighted by Crippen LogP contribution is -2.43. The second-order valence-corrected chi connectivity index (χ2v) is 5.62. The van der Waals surface area contributed by atoms with Crippen LogP contribution in [-0.4, -0.2) is 32.1 Å². The summed E-state index contributed by atoms with van der Waals surface area (Å²) in [7, 11) is 1.57. The van der Waals surface area contributed by atoms with Gasteiger partial charge in [0.15, 0.2) is 0 Å². The van der Waals surface area contributed by atoms with Crippen LogP contribution in [0.4, 0.5) is 0 Å². The normalized spacial score (nSPS) is 18.9. The maximum absolute atomic E-state index is 12.1. The van der Waals surface area contributed by atoms with Gasteiger partial charge in [-0.2, -0.15) is 0 Å². The molecule has 0 aliphatic carbocycles. The van der Waals surface area contributed by atoms with Crippen molar-refractivity contribution >= 4 is 21.8 Å². The van der Waals surface area contributed by atoms with Gasteiger partial charge in [-0.05, 0) is 37.6 Å². The van der Waals surface area contributed by atoms with Crippen LogP contribution in [0.5, 0.6) is 5.75 Å². The third kappa shape index (κ3) is 3.94. The van der Waals surface area contributed by atoms with E-state index in [4.69, 9.17) is 4.74 Å². The van der Waals surface area contributed by atoms with Crippen molar-refractivity contribution < 1.29 is 9.53 Å². The summed E-state index contributed by atoms with van der Waals surface area (Å²) < 4.78 is 6.13. The summed E-state index contributed by atoms with van der Waals surface area (Å²) in [5.41, 5.74) is 0.571. The number of halogens is 1. The Morgan fingerprint density at radius 3 is 3.05 bits per heavy atom. The molecule has 1 atom stereocenters. The van der Waals surface area contributed by atoms with Crippen molar-refractivity contribution in [3.05, 3.63) is 28.2 Å². The average Bonchev–Trinajstić information content (AvgIpc) is 2.45. The van der Waals surface area contributed by atoms with Crippen LogP contribution in [0, 0.1) is 0 Å². The fraction of sp³-hybridized carbons (Fsp3) is 0.500. The fourth-order valence-electron chi connectivity index (χ4n) is 2.26. The van der Waals surface area contributed by atoms with E-state index in [-0.39, 0.29) is 5.91 Å². The Labute approximate surface area is 122 Å². The number of rotatable bonds is 4. The third-order valence-electron chi connectivity index (χ3n) is 3.33. The van der Waals surface area contributed by atoms with E-state index in [1.165, 1.54) is 12.8 Å². The van der Waals surface area contributed by atoms with E-state index in [1.54, 1.807) is 19.2 Å². The number of piperidine rings is 1. The largest absolute Gasteiger partial charge is 0.496 e. The topological polar surface area (TPSA) is 50.4 Å². The zero-order valence-corrected chi connectivity index (χ0v) is 12.6. The Kier molecular flexibility index (Phi) is 5.22. The van der Waals surface area contributed by atoms with Crippen molar-refractivity contribution in [3.63, 3.8) is 0 Å². The van der Waals surface area contributed by atoms with E-state index < -0.39 is 0 Å². The van der Waals surface area contributed by atoms with E-state index in [0.29, 0.717) is 23.9 Å². The van der Waals surface area contributed by atoms with Gasteiger partial charge in [-0.25, -0.2) is 0 Å². The number of hydrogen-bond acceptors (Lipinski definition) is 3. The van der Waals surface area contributed by atoms with Gasteiger partial charge in [0.2, 0.25) is 0 Å². The summed E-state index contributed by atoms with van der Waals surface area (Å²) in [5, 5.41) is 6.38. The van der Waals surface area contributed by atoms with Crippen LogP contribution in [0.2, 0.25) is 0 Å². The quantitative estimate of drug-likeness (QED) is 0.892. The lowest BCUT2D eigenvalue weighted by Gasteiger charge is -2.23. The van der Waals surface area contributed by atoms with Gasteiger partial charge in [-0.3, -0.25) is 4.79 Å². The van der Waals surface area contributed by atoms with Crippen molar-refractivity contribution in [1.29, 1.82) is 0 Å². The Balaban J connectivity index is 1.95. The maximum Gasteiger partial charge on any atom is 0.255 e. The molecule has 2 rings (SSSR count). The van der Waals surface area contributed by atoms with E-state index in [0.717, 1.165) is 17.4 Å². The zero-order chi connectivity index (χ0) is 13.7. The van der Waals surface area contributed by atoms with Crippen LogP contribution in [0.25, 0.3) is 0 Å². The molecule has 2 N–H and O–H groups in total. The number of nitrogens with one attached hydrogen (secondary N) is 2. The highest BCUT2D eigenvalue weighted by Crippen LogP contribution is 2.23. The summed E-state index contributed by atoms with van der Waals surface area (Å²) in [5.74, 6) is 0.500. The standard InChI is InChI=1S/C14H19BrN2O2/c1-19-13-8-10(15)5-6-12(13)14(18)17-9-11-4-2-3-7-16-11/h5-6,8,11,16H,2-4,7,9H2,1H3,(H,17,18). The molecule has 1 aliphatic rings. The first-order valence-electron chi connectivity index (χ1n) is 6.56. The van der Waals surface area contributed by atoms with Crippen molar-refractivity contribution in [2.24, 2.45) is 0 Å². The van der Waals surface area contributed by atoms with Crippen LogP contribution in [0.3, 0.4) is 0 Å². The molecule has 1 unspecified atom stereocenters. The zero-order valence-electron chi connectivity index (χ0n) is 11.0. The fourth-order valence-corrected chi connectivity index (χ4v) is 2.60. The van der Waals surface area contributed by atoms with Gasteiger partial charge in [0.05, 0.1) is 12.7 Å². The summed E-state index contributed by atoms with van der Waals surface area (Å²) in [4.78, 5) is 12.1. The second-order valence-electron chi connectivity index (χ2n) is 4.70. The van der Waals surface area contributed by atoms with E-state index in [9.17, 15) is 4.79 Å². The highest BCUT2D eigenvalue weighted by atomic mass is 79.9. The number of carbonyl (C=O) groups is 1. The van der Waals surface area contributed by atoms with Crippen LogP contribution in [0.1, 0.15) is 29.6 Å². The van der Waals surface area contributed by atoms with Gasteiger partial charge in [-0.1, -0.05) is 22.4 Å². The molecular formula is C14H19BrN2O2. The third-order valence-corrected chi connectivity index (χ3v) is 3.82. The minimum absolute atomic E-state index is 0.0864. The number of hydrogen-bond donors (Lipinski definition) is 2. The smallest absolute Gasteiger partial charge is 0.255 e. The minimum atomic E-state index is -0.0864. The van der Waals surface area contributed by atoms with Crippen molar-refractivity contribution in [1.82, 2.24) is 10.6 Å². The lowest BCUT2D eigenvalue weighted by molar-refractivity contribution is 0.0944. The van der Waals surface area contributed by atoms with Gasteiger partial charge in [0, 0.05) is 17.1 Å². The lowest BCUT2D eigenvalue weighted by atomic mass is 10.0. The van der Waals surface area contributed by atoms with Gasteiger partial charge >= 0.3 is 0 Å². The molecule has 4 nitrogen and oxygen atoms in total. The molecule has 1 aromatic rings. The maximum atomic E-state index is 12.1. The molecule has 0 saturated carbocycles. The van der Waals surface area contributed by atoms with Gasteiger partial charge in [-0.15, -0.1) is 0 Å². The van der Waals surface area contributed by atoms with Crippen LogP contribution in [-0.2, 0) is 0 Å². The summed E-state index contributed by atoms with van der Waals surface area (Å²) in [6.07, 6.45) is 3.58. The van der Waals surface area contributed by atoms with Gasteiger partial charge in [0.25, 0.3) is 5.91 Å². The Morgan fingerprint density at radius 2 is 2.37 bits per heavy atom. The van der Waals surface area contributed by atoms with E-state index in [2.05, 4.69) is 26.6 Å². The average molecular weight is 327 g/mol. The number of amides is 1. The SMILES string of the molecule is COc1cc(Br)ccc1C(=O)NCC1CCCCN1. The summed E-state index contributed by atoms with van der Waals surface area (Å²) in [6.45, 7) is 1.71. The van der Waals surface area contributed by atoms with Crippen LogP contribution in [0.15, 0.2) is 22.7 Å². The highest BCUT2D eigenvalue weighted by Gasteiger charge is 2.16. The van der Waals surface area contributed by atoms with Crippen LogP contribution >= 0.6 is 15.9 Å². The molecule has 1 saturated heterocycles. The van der Waals surface area contributed by atoms with E-state index in [1.807, 2.05) is 6.07 Å².